The predicted octanol–water partition coefficient (Wildman–Crippen LogP) is 28.0. The standard InChI is InChI=1S/C13H21N.3C11H20N2.C11H19NS.2C10H19N3.C10H18N2O.7CH4/c1-12(2,3)10-7-8-11(14-9-10)13(4,5)6;1-10(2,3)9-7-13(8-12-9)11(4,5)6;1-10(2,3)9-7-12-13(8-9)11(4,5)6;1-10(2,3)9-7-8-13(12-9)11(4,5)6;1-10(2,3)8-7-12-9(13-8)11(4,5)6;1-9(2,3)8-7-13(12-11-8)10(4,5)6;1-9(2,3)8-7-11-13(12-8)10(4,5)6;1-9(2,3)7-11-12-8(13-7)10(4,5)6;;;;;;;/h7-9H,1-6H3;3*7-8H,1-6H3;3*7H,1-6H3;1-6H3;7*1H4. The van der Waals surface area contributed by atoms with Crippen LogP contribution in [0, 0.1) is 0 Å². The van der Waals surface area contributed by atoms with Crippen molar-refractivity contribution in [2.45, 2.75) is 472 Å². The van der Waals surface area contributed by atoms with E-state index < -0.39 is 0 Å². The zero-order valence-corrected chi connectivity index (χ0v) is 77.2. The lowest BCUT2D eigenvalue weighted by molar-refractivity contribution is 0.308. The summed E-state index contributed by atoms with van der Waals surface area (Å²) in [5.41, 5.74) is 9.78. The van der Waals surface area contributed by atoms with Crippen LogP contribution in [0.3, 0.4) is 0 Å². The number of pyridine rings is 1. The van der Waals surface area contributed by atoms with Gasteiger partial charge in [-0.25, -0.2) is 14.6 Å². The molecule has 0 saturated heterocycles. The molecule has 0 radical (unpaired) electrons. The van der Waals surface area contributed by atoms with Crippen LogP contribution in [0.25, 0.3) is 0 Å². The van der Waals surface area contributed by atoms with E-state index in [1.54, 1.807) is 4.80 Å². The summed E-state index contributed by atoms with van der Waals surface area (Å²) in [6.45, 7) is 104. The summed E-state index contributed by atoms with van der Waals surface area (Å²) in [7, 11) is 0. The lowest BCUT2D eigenvalue weighted by Gasteiger charge is -2.22. The van der Waals surface area contributed by atoms with Crippen molar-refractivity contribution >= 4 is 11.3 Å². The number of imidazole rings is 1. The number of thiazole rings is 1. The molecule has 8 rings (SSSR count). The van der Waals surface area contributed by atoms with Crippen molar-refractivity contribution in [1.29, 1.82) is 0 Å². The first-order valence-corrected chi connectivity index (χ1v) is 38.8. The Balaban J connectivity index is -0.000000223. The minimum Gasteiger partial charge on any atom is -0.424 e. The van der Waals surface area contributed by atoms with Gasteiger partial charge >= 0.3 is 0 Å². The van der Waals surface area contributed by atoms with Gasteiger partial charge in [-0.1, -0.05) is 292 Å². The van der Waals surface area contributed by atoms with Crippen molar-refractivity contribution < 1.29 is 4.42 Å². The molecule has 18 heteroatoms. The van der Waals surface area contributed by atoms with Crippen LogP contribution in [0.2, 0.25) is 0 Å². The average Bonchev–Trinajstić information content (AvgIpc) is 1.62. The molecular weight excluding hydrogens is 1400 g/mol. The molecule has 8 aromatic heterocycles. The van der Waals surface area contributed by atoms with E-state index in [1.165, 1.54) is 21.0 Å². The molecule has 0 aliphatic rings. The fourth-order valence-corrected chi connectivity index (χ4v) is 9.23. The summed E-state index contributed by atoms with van der Waals surface area (Å²) in [5.74, 6) is 1.41. The topological polar surface area (TPSA) is 180 Å². The van der Waals surface area contributed by atoms with Gasteiger partial charge in [0.25, 0.3) is 0 Å². The third-order valence-corrected chi connectivity index (χ3v) is 18.0. The number of aromatic nitrogens is 16. The third kappa shape index (κ3) is 41.4. The molecule has 0 bridgehead atoms. The second kappa shape index (κ2) is 42.6. The Labute approximate surface area is 698 Å². The molecule has 0 unspecified atom stereocenters. The molecule has 17 nitrogen and oxygen atoms in total. The molecule has 652 valence electrons. The summed E-state index contributed by atoms with van der Waals surface area (Å²) in [5, 5.41) is 35.3. The molecule has 8 heterocycles. The van der Waals surface area contributed by atoms with Crippen molar-refractivity contribution in [1.82, 2.24) is 79.3 Å². The monoisotopic (exact) mass is 1590 g/mol. The van der Waals surface area contributed by atoms with E-state index in [2.05, 4.69) is 430 Å². The summed E-state index contributed by atoms with van der Waals surface area (Å²) in [6, 6.07) is 6.43. The van der Waals surface area contributed by atoms with Crippen LogP contribution >= 0.6 is 11.3 Å². The van der Waals surface area contributed by atoms with Gasteiger partial charge in [-0.2, -0.15) is 25.2 Å². The van der Waals surface area contributed by atoms with Crippen LogP contribution in [-0.4, -0.2) is 79.3 Å². The van der Waals surface area contributed by atoms with Crippen molar-refractivity contribution in [2.24, 2.45) is 0 Å². The first kappa shape index (κ1) is 119. The first-order chi connectivity index (χ1) is 46.2. The number of hydrogen-bond acceptors (Lipinski definition) is 13. The zero-order valence-electron chi connectivity index (χ0n) is 76.4. The number of hydrogen-bond donors (Lipinski definition) is 0. The van der Waals surface area contributed by atoms with Crippen molar-refractivity contribution in [2.75, 3.05) is 0 Å². The average molecular weight is 1590 g/mol. The molecule has 0 aliphatic carbocycles. The lowest BCUT2D eigenvalue weighted by atomic mass is 9.86. The van der Waals surface area contributed by atoms with Crippen molar-refractivity contribution in [3.63, 3.8) is 0 Å². The summed E-state index contributed by atoms with van der Waals surface area (Å²) >= 11 is 1.84. The van der Waals surface area contributed by atoms with E-state index in [9.17, 15) is 0 Å². The van der Waals surface area contributed by atoms with Gasteiger partial charge in [-0.3, -0.25) is 14.3 Å². The van der Waals surface area contributed by atoms with Crippen LogP contribution in [0.1, 0.15) is 446 Å². The SMILES string of the molecule is C.C.C.C.C.C.C.CC(C)(C)c1ccc(C(C)(C)C)nc1.CC(C)(C)c1ccn(C(C)(C)C)n1.CC(C)(C)c1cn(C(C)(C)C)cn1.CC(C)(C)c1cn(C(C)(C)C)nn1.CC(C)(C)c1cnc(C(C)(C)C)s1.CC(C)(C)c1cnn(C(C)(C)C)c1.CC(C)(C)c1cnn(C(C)(C)C)n1.CC(C)(C)c1nnc(C(C)(C)C)o1. The van der Waals surface area contributed by atoms with E-state index in [-0.39, 0.29) is 139 Å². The Hall–Kier alpha value is -6.17. The largest absolute Gasteiger partial charge is 0.424 e. The second-order valence-corrected chi connectivity index (χ2v) is 45.6. The Morgan fingerprint density at radius 2 is 0.705 bits per heavy atom. The van der Waals surface area contributed by atoms with E-state index in [4.69, 9.17) is 4.42 Å². The van der Waals surface area contributed by atoms with Gasteiger partial charge < -0.3 is 8.98 Å². The van der Waals surface area contributed by atoms with E-state index >= 15 is 0 Å². The van der Waals surface area contributed by atoms with Gasteiger partial charge in [0.15, 0.2) is 0 Å². The quantitative estimate of drug-likeness (QED) is 0.140. The molecule has 0 atom stereocenters. The third-order valence-electron chi connectivity index (χ3n) is 16.1. The van der Waals surface area contributed by atoms with Gasteiger partial charge in [0, 0.05) is 96.6 Å². The fraction of sp³-hybridized carbons (Fsp3) is 0.755. The van der Waals surface area contributed by atoms with Crippen LogP contribution in [0.5, 0.6) is 0 Å². The summed E-state index contributed by atoms with van der Waals surface area (Å²) in [6.07, 6.45) is 18.1. The number of nitrogens with zero attached hydrogens (tertiary/aromatic N) is 16. The van der Waals surface area contributed by atoms with Crippen LogP contribution in [0.15, 0.2) is 78.5 Å². The minimum atomic E-state index is -0.0590. The second-order valence-electron chi connectivity index (χ2n) is 44.5. The Bertz CT molecular complexity index is 2970. The minimum absolute atomic E-state index is 0. The highest BCUT2D eigenvalue weighted by molar-refractivity contribution is 7.11. The molecule has 0 fully saturated rings. The maximum absolute atomic E-state index is 5.59. The molecule has 0 spiro atoms. The zero-order chi connectivity index (χ0) is 82.9. The van der Waals surface area contributed by atoms with Gasteiger partial charge in [0.05, 0.1) is 68.7 Å². The molecule has 0 N–H and O–H groups in total. The Kier molecular flexibility index (Phi) is 45.3. The smallest absolute Gasteiger partial charge is 0.221 e. The Morgan fingerprint density at radius 1 is 0.286 bits per heavy atom. The highest BCUT2D eigenvalue weighted by Gasteiger charge is 2.30. The van der Waals surface area contributed by atoms with E-state index in [0.717, 1.165) is 28.5 Å². The molecule has 0 amide bonds. The molecule has 112 heavy (non-hydrogen) atoms. The number of rotatable bonds is 0. The molecule has 0 saturated carbocycles. The highest BCUT2D eigenvalue weighted by atomic mass is 32.1. The molecular formula is C94H184N16OS. The Morgan fingerprint density at radius 3 is 0.920 bits per heavy atom. The molecule has 8 aromatic rings. The maximum atomic E-state index is 5.59. The van der Waals surface area contributed by atoms with Gasteiger partial charge in [-0.05, 0) is 143 Å². The highest BCUT2D eigenvalue weighted by Crippen LogP contribution is 2.35. The van der Waals surface area contributed by atoms with Crippen LogP contribution in [0.4, 0.5) is 0 Å². The maximum Gasteiger partial charge on any atom is 0.221 e. The molecule has 0 aliphatic heterocycles. The normalized spacial score (nSPS) is 12.5. The summed E-state index contributed by atoms with van der Waals surface area (Å²) in [4.78, 5) is 16.5. The van der Waals surface area contributed by atoms with E-state index in [0.29, 0.717) is 11.8 Å². The van der Waals surface area contributed by atoms with Gasteiger partial charge in [0.2, 0.25) is 11.8 Å². The fourth-order valence-electron chi connectivity index (χ4n) is 8.19. The van der Waals surface area contributed by atoms with E-state index in [1.807, 2.05) is 62.7 Å². The molecule has 0 aromatic carbocycles. The van der Waals surface area contributed by atoms with Gasteiger partial charge in [-0.15, -0.1) is 26.6 Å². The summed E-state index contributed by atoms with van der Waals surface area (Å²) < 4.78 is 13.7. The lowest BCUT2D eigenvalue weighted by Crippen LogP contribution is -2.25. The predicted molar refractivity (Wildman–Crippen MR) is 495 cm³/mol. The van der Waals surface area contributed by atoms with Crippen molar-refractivity contribution in [3.8, 4) is 0 Å². The van der Waals surface area contributed by atoms with Crippen molar-refractivity contribution in [3.05, 3.63) is 135 Å². The van der Waals surface area contributed by atoms with Crippen LogP contribution < -0.4 is 0 Å². The van der Waals surface area contributed by atoms with Crippen LogP contribution in [-0.2, 0) is 87.3 Å². The van der Waals surface area contributed by atoms with Gasteiger partial charge in [0.1, 0.15) is 0 Å². The first-order valence-electron chi connectivity index (χ1n) is 38.0.